The number of hydrogen-bond donors (Lipinski definition) is 7. The second-order valence-electron chi connectivity index (χ2n) is 14.0. The third-order valence-corrected chi connectivity index (χ3v) is 8.85. The van der Waals surface area contributed by atoms with E-state index in [4.69, 9.17) is 15.2 Å². The zero-order valence-electron chi connectivity index (χ0n) is 30.6. The molecule has 0 bridgehead atoms. The lowest BCUT2D eigenvalue weighted by Crippen LogP contribution is -2.58. The first kappa shape index (κ1) is 42.3. The molecule has 52 heavy (non-hydrogen) atoms. The fourth-order valence-corrected chi connectivity index (χ4v) is 5.97. The van der Waals surface area contributed by atoms with Crippen LogP contribution in [0.1, 0.15) is 64.0 Å². The Balaban J connectivity index is 1.68. The molecular weight excluding hydrogens is 685 g/mol. The molecule has 2 aromatic carbocycles. The van der Waals surface area contributed by atoms with Crippen LogP contribution in [0.2, 0.25) is 0 Å². The molecule has 0 saturated carbocycles. The van der Waals surface area contributed by atoms with Crippen molar-refractivity contribution < 1.29 is 33.4 Å². The molecule has 1 heterocycles. The molecule has 286 valence electrons. The fraction of sp³-hybridized carbons (Fsp3) is 0.553. The van der Waals surface area contributed by atoms with Crippen molar-refractivity contribution in [3.8, 4) is 5.75 Å². The normalized spacial score (nSPS) is 15.0. The van der Waals surface area contributed by atoms with E-state index in [0.717, 1.165) is 48.7 Å². The van der Waals surface area contributed by atoms with Crippen molar-refractivity contribution in [1.82, 2.24) is 26.6 Å². The molecule has 3 atom stereocenters. The topological polar surface area (TPSA) is 190 Å². The second kappa shape index (κ2) is 22.0. The molecule has 1 aliphatic rings. The highest BCUT2D eigenvalue weighted by atomic mass is 32.1. The first-order valence-corrected chi connectivity index (χ1v) is 18.7. The molecule has 0 aromatic heterocycles. The Kier molecular flexibility index (Phi) is 17.9. The summed E-state index contributed by atoms with van der Waals surface area (Å²) in [5, 5.41) is 13.8. The zero-order chi connectivity index (χ0) is 37.9. The van der Waals surface area contributed by atoms with Gasteiger partial charge < -0.3 is 41.8 Å². The summed E-state index contributed by atoms with van der Waals surface area (Å²) in [5.41, 5.74) is 5.98. The van der Waals surface area contributed by atoms with Gasteiger partial charge in [-0.1, -0.05) is 48.9 Å². The molecule has 3 rings (SSSR count). The number of carbonyl (C=O) groups is 5. The Morgan fingerprint density at radius 1 is 0.827 bits per heavy atom. The molecule has 7 N–H and O–H groups in total. The van der Waals surface area contributed by atoms with Crippen LogP contribution < -0.4 is 37.1 Å². The van der Waals surface area contributed by atoms with E-state index in [1.165, 1.54) is 19.3 Å². The number of unbranched alkanes of at least 4 members (excludes halogenated alkanes) is 1. The number of thiol groups is 1. The summed E-state index contributed by atoms with van der Waals surface area (Å²) < 4.78 is 11.6. The van der Waals surface area contributed by atoms with Crippen molar-refractivity contribution in [2.75, 3.05) is 38.5 Å². The van der Waals surface area contributed by atoms with E-state index >= 15 is 0 Å². The van der Waals surface area contributed by atoms with Gasteiger partial charge in [0, 0.05) is 18.6 Å². The number of ether oxygens (including phenoxy) is 2. The van der Waals surface area contributed by atoms with Gasteiger partial charge in [0.1, 0.15) is 29.5 Å². The van der Waals surface area contributed by atoms with Gasteiger partial charge in [0.2, 0.25) is 23.6 Å². The van der Waals surface area contributed by atoms with E-state index in [2.05, 4.69) is 39.2 Å². The Morgan fingerprint density at radius 3 is 2.08 bits per heavy atom. The minimum absolute atomic E-state index is 0.0826. The van der Waals surface area contributed by atoms with Crippen molar-refractivity contribution in [2.24, 2.45) is 11.7 Å². The molecule has 1 aliphatic heterocycles. The van der Waals surface area contributed by atoms with E-state index in [9.17, 15) is 24.0 Å². The molecule has 1 saturated heterocycles. The summed E-state index contributed by atoms with van der Waals surface area (Å²) in [6, 6.07) is 13.2. The molecule has 3 unspecified atom stereocenters. The van der Waals surface area contributed by atoms with Gasteiger partial charge in [-0.15, -0.1) is 0 Å². The summed E-state index contributed by atoms with van der Waals surface area (Å²) in [6.45, 7) is 7.39. The molecule has 2 aromatic rings. The van der Waals surface area contributed by atoms with Gasteiger partial charge in [-0.05, 0) is 88.7 Å². The van der Waals surface area contributed by atoms with Crippen LogP contribution in [0.5, 0.6) is 5.75 Å². The maximum atomic E-state index is 13.9. The number of nitrogens with two attached hydrogens (primary N) is 1. The van der Waals surface area contributed by atoms with Crippen molar-refractivity contribution in [1.29, 1.82) is 0 Å². The first-order chi connectivity index (χ1) is 24.9. The number of amides is 4. The second-order valence-corrected chi connectivity index (χ2v) is 14.4. The van der Waals surface area contributed by atoms with Crippen molar-refractivity contribution in [3.05, 3.63) is 65.7 Å². The maximum Gasteiger partial charge on any atom is 0.329 e. The molecule has 14 heteroatoms. The predicted molar refractivity (Wildman–Crippen MR) is 203 cm³/mol. The smallest absolute Gasteiger partial charge is 0.329 e. The summed E-state index contributed by atoms with van der Waals surface area (Å²) >= 11 is 4.21. The average molecular weight is 741 g/mol. The number of carbonyl (C=O) groups excluding carboxylic acids is 5. The van der Waals surface area contributed by atoms with Crippen LogP contribution in [0.15, 0.2) is 54.6 Å². The number of benzene rings is 2. The molecular formula is C38H56N6O7S. The predicted octanol–water partition coefficient (Wildman–Crippen LogP) is 1.82. The standard InChI is InChI=1S/C38H56N6O7S/c1-38(2,3)51-37(49)31(22-28-12-14-29(15-13-28)50-20-8-7-9-26-16-18-40-19-17-26)44-35(47)30(21-27-10-5-4-6-11-27)43-36(48)32(25-52)42-34(46)24-41-33(45)23-39/h4-6,10-15,26,30-32,40,52H,7-9,16-25,39H2,1-3H3,(H,41,45)(H,42,46)(H,43,48)(H,44,47). The first-order valence-electron chi connectivity index (χ1n) is 18.0. The molecule has 13 nitrogen and oxygen atoms in total. The van der Waals surface area contributed by atoms with Gasteiger partial charge in [0.15, 0.2) is 0 Å². The monoisotopic (exact) mass is 740 g/mol. The van der Waals surface area contributed by atoms with Gasteiger partial charge >= 0.3 is 5.97 Å². The SMILES string of the molecule is CC(C)(C)OC(=O)C(Cc1ccc(OCCCCC2CCNCC2)cc1)NC(=O)C(Cc1ccccc1)NC(=O)C(CS)NC(=O)CNC(=O)CN. The highest BCUT2D eigenvalue weighted by Crippen LogP contribution is 2.20. The lowest BCUT2D eigenvalue weighted by Gasteiger charge is -2.27. The molecule has 0 aliphatic carbocycles. The number of piperidine rings is 1. The van der Waals surface area contributed by atoms with Gasteiger partial charge in [-0.25, -0.2) is 4.79 Å². The van der Waals surface area contributed by atoms with E-state index in [-0.39, 0.29) is 31.7 Å². The summed E-state index contributed by atoms with van der Waals surface area (Å²) in [5.74, 6) is -1.63. The van der Waals surface area contributed by atoms with Crippen LogP contribution in [0.25, 0.3) is 0 Å². The van der Waals surface area contributed by atoms with Crippen LogP contribution in [0.4, 0.5) is 0 Å². The molecule has 1 fully saturated rings. The number of esters is 1. The lowest BCUT2D eigenvalue weighted by atomic mass is 9.93. The van der Waals surface area contributed by atoms with Gasteiger partial charge in [0.05, 0.1) is 19.7 Å². The Labute approximate surface area is 312 Å². The molecule has 0 radical (unpaired) electrons. The highest BCUT2D eigenvalue weighted by Gasteiger charge is 2.32. The summed E-state index contributed by atoms with van der Waals surface area (Å²) in [4.78, 5) is 64.5. The van der Waals surface area contributed by atoms with Gasteiger partial charge in [0.25, 0.3) is 0 Å². The number of hydrogen-bond acceptors (Lipinski definition) is 10. The minimum atomic E-state index is -1.12. The van der Waals surface area contributed by atoms with Gasteiger partial charge in [-0.2, -0.15) is 12.6 Å². The lowest BCUT2D eigenvalue weighted by molar-refractivity contribution is -0.158. The van der Waals surface area contributed by atoms with Gasteiger partial charge in [-0.3, -0.25) is 19.2 Å². The number of rotatable bonds is 20. The third kappa shape index (κ3) is 16.0. The van der Waals surface area contributed by atoms with E-state index in [0.29, 0.717) is 6.61 Å². The highest BCUT2D eigenvalue weighted by molar-refractivity contribution is 7.80. The molecule has 0 spiro atoms. The minimum Gasteiger partial charge on any atom is -0.494 e. The quantitative estimate of drug-likeness (QED) is 0.0604. The third-order valence-electron chi connectivity index (χ3n) is 8.49. The molecule has 4 amide bonds. The van der Waals surface area contributed by atoms with E-state index < -0.39 is 53.3 Å². The van der Waals surface area contributed by atoms with Crippen LogP contribution in [-0.4, -0.2) is 91.9 Å². The zero-order valence-corrected chi connectivity index (χ0v) is 31.5. The van der Waals surface area contributed by atoms with Crippen LogP contribution >= 0.6 is 12.6 Å². The Morgan fingerprint density at radius 2 is 1.44 bits per heavy atom. The fourth-order valence-electron chi connectivity index (χ4n) is 5.71. The van der Waals surface area contributed by atoms with E-state index in [1.54, 1.807) is 20.8 Å². The number of nitrogens with one attached hydrogen (secondary N) is 5. The average Bonchev–Trinajstić information content (AvgIpc) is 3.12. The van der Waals surface area contributed by atoms with Crippen molar-refractivity contribution >= 4 is 42.2 Å². The van der Waals surface area contributed by atoms with Crippen LogP contribution in [-0.2, 0) is 41.6 Å². The summed E-state index contributed by atoms with van der Waals surface area (Å²) in [6.07, 6.45) is 6.05. The maximum absolute atomic E-state index is 13.9. The Bertz CT molecular complexity index is 1430. The van der Waals surface area contributed by atoms with E-state index in [1.807, 2.05) is 54.6 Å². The summed E-state index contributed by atoms with van der Waals surface area (Å²) in [7, 11) is 0. The van der Waals surface area contributed by atoms with Crippen LogP contribution in [0.3, 0.4) is 0 Å². The Hall–Kier alpha value is -4.14. The van der Waals surface area contributed by atoms with Crippen molar-refractivity contribution in [2.45, 2.75) is 89.4 Å². The van der Waals surface area contributed by atoms with Crippen LogP contribution in [0, 0.1) is 5.92 Å². The largest absolute Gasteiger partial charge is 0.494 e. The van der Waals surface area contributed by atoms with Crippen molar-refractivity contribution in [3.63, 3.8) is 0 Å².